The van der Waals surface area contributed by atoms with E-state index in [-0.39, 0.29) is 22.7 Å². The molecule has 0 spiro atoms. The van der Waals surface area contributed by atoms with Gasteiger partial charge in [0.1, 0.15) is 17.2 Å². The molecule has 1 amide bonds. The van der Waals surface area contributed by atoms with Gasteiger partial charge in [-0.1, -0.05) is 54.1 Å². The van der Waals surface area contributed by atoms with Crippen LogP contribution in [0.3, 0.4) is 0 Å². The summed E-state index contributed by atoms with van der Waals surface area (Å²) >= 11 is 6.21. The number of ether oxygens (including phenoxy) is 3. The Bertz CT molecular complexity index is 1560. The largest absolute Gasteiger partial charge is 0.497 e. The molecule has 0 atom stereocenters. The van der Waals surface area contributed by atoms with E-state index < -0.39 is 15.9 Å². The van der Waals surface area contributed by atoms with Crippen LogP contribution in [0.4, 0.5) is 11.4 Å². The van der Waals surface area contributed by atoms with Crippen LogP contribution in [0.5, 0.6) is 17.2 Å². The van der Waals surface area contributed by atoms with Crippen LogP contribution in [0.25, 0.3) is 0 Å². The van der Waals surface area contributed by atoms with Crippen LogP contribution in [0.1, 0.15) is 15.9 Å². The molecule has 0 heterocycles. The normalized spacial score (nSPS) is 11.0. The van der Waals surface area contributed by atoms with Crippen LogP contribution < -0.4 is 23.8 Å². The fourth-order valence-electron chi connectivity index (χ4n) is 3.95. The monoisotopic (exact) mass is 566 g/mol. The third kappa shape index (κ3) is 6.10. The summed E-state index contributed by atoms with van der Waals surface area (Å²) in [6.07, 6.45) is 0. The number of sulfonamides is 1. The maximum atomic E-state index is 14.0. The number of nitrogens with zero attached hydrogens (tertiary/aromatic N) is 1. The molecule has 202 valence electrons. The summed E-state index contributed by atoms with van der Waals surface area (Å²) in [5.74, 6) is 0.638. The number of benzene rings is 4. The van der Waals surface area contributed by atoms with E-state index in [1.165, 1.54) is 49.9 Å². The van der Waals surface area contributed by atoms with Crippen LogP contribution in [-0.2, 0) is 16.6 Å². The Balaban J connectivity index is 1.79. The Labute approximate surface area is 232 Å². The zero-order chi connectivity index (χ0) is 28.0. The molecule has 39 heavy (non-hydrogen) atoms. The molecule has 0 aliphatic heterocycles. The second-order valence-corrected chi connectivity index (χ2v) is 10.6. The van der Waals surface area contributed by atoms with Crippen molar-refractivity contribution in [2.45, 2.75) is 11.4 Å². The molecule has 0 fully saturated rings. The number of hydrogen-bond acceptors (Lipinski definition) is 6. The molecular weight excluding hydrogens is 540 g/mol. The van der Waals surface area contributed by atoms with Gasteiger partial charge in [0.05, 0.1) is 54.7 Å². The van der Waals surface area contributed by atoms with Gasteiger partial charge < -0.3 is 19.5 Å². The molecule has 10 heteroatoms. The highest BCUT2D eigenvalue weighted by atomic mass is 35.5. The van der Waals surface area contributed by atoms with Gasteiger partial charge in [0.25, 0.3) is 15.9 Å². The number of para-hydroxylation sites is 1. The van der Waals surface area contributed by atoms with Gasteiger partial charge in [-0.25, -0.2) is 8.42 Å². The van der Waals surface area contributed by atoms with Gasteiger partial charge in [-0.05, 0) is 42.0 Å². The average molecular weight is 567 g/mol. The SMILES string of the molecule is COc1ccc(S(=O)(=O)N(Cc2ccccc2)c2ccccc2C(=O)Nc2cc(OC)c(Cl)cc2OC)cc1. The molecule has 0 radical (unpaired) electrons. The van der Waals surface area contributed by atoms with Crippen LogP contribution in [0, 0.1) is 0 Å². The first kappa shape index (κ1) is 27.8. The predicted molar refractivity (Wildman–Crippen MR) is 152 cm³/mol. The fourth-order valence-corrected chi connectivity index (χ4v) is 5.66. The van der Waals surface area contributed by atoms with Crippen LogP contribution >= 0.6 is 11.6 Å². The van der Waals surface area contributed by atoms with Crippen molar-refractivity contribution < 1.29 is 27.4 Å². The quantitative estimate of drug-likeness (QED) is 0.252. The molecule has 0 saturated heterocycles. The molecule has 4 aromatic rings. The Morgan fingerprint density at radius 3 is 2.10 bits per heavy atom. The number of methoxy groups -OCH3 is 3. The van der Waals surface area contributed by atoms with Crippen LogP contribution in [0.15, 0.2) is 95.9 Å². The number of carbonyl (C=O) groups is 1. The first-order valence-electron chi connectivity index (χ1n) is 11.8. The summed E-state index contributed by atoms with van der Waals surface area (Å²) in [6.45, 7) is -0.00240. The first-order chi connectivity index (χ1) is 18.8. The number of carbonyl (C=O) groups excluding carboxylic acids is 1. The highest BCUT2D eigenvalue weighted by Gasteiger charge is 2.29. The second kappa shape index (κ2) is 12.1. The lowest BCUT2D eigenvalue weighted by molar-refractivity contribution is 0.102. The Morgan fingerprint density at radius 2 is 1.46 bits per heavy atom. The summed E-state index contributed by atoms with van der Waals surface area (Å²) in [5.41, 5.74) is 1.40. The molecule has 0 aliphatic carbocycles. The Kier molecular flexibility index (Phi) is 8.63. The standard InChI is InChI=1S/C29H27ClN2O6S/c1-36-21-13-15-22(16-14-21)39(34,35)32(19-20-9-5-4-6-10-20)26-12-8-7-11-23(26)29(33)31-25-18-27(37-2)24(30)17-28(25)38-3/h4-18H,19H2,1-3H3,(H,31,33). The van der Waals surface area contributed by atoms with Crippen molar-refractivity contribution >= 4 is 38.9 Å². The summed E-state index contributed by atoms with van der Waals surface area (Å²) in [7, 11) is 0.313. The maximum Gasteiger partial charge on any atom is 0.264 e. The molecular formula is C29H27ClN2O6S. The third-order valence-corrected chi connectivity index (χ3v) is 8.03. The molecule has 0 saturated carbocycles. The topological polar surface area (TPSA) is 94.2 Å². The fraction of sp³-hybridized carbons (Fsp3) is 0.138. The lowest BCUT2D eigenvalue weighted by atomic mass is 10.1. The lowest BCUT2D eigenvalue weighted by Gasteiger charge is -2.27. The van der Waals surface area contributed by atoms with E-state index >= 15 is 0 Å². The molecule has 4 rings (SSSR count). The minimum absolute atomic E-state index is 0.00240. The van der Waals surface area contributed by atoms with E-state index in [2.05, 4.69) is 5.32 Å². The number of nitrogens with one attached hydrogen (secondary N) is 1. The first-order valence-corrected chi connectivity index (χ1v) is 13.6. The van der Waals surface area contributed by atoms with Crippen molar-refractivity contribution in [3.8, 4) is 17.2 Å². The van der Waals surface area contributed by atoms with Crippen molar-refractivity contribution in [1.82, 2.24) is 0 Å². The Morgan fingerprint density at radius 1 is 0.821 bits per heavy atom. The van der Waals surface area contributed by atoms with E-state index in [4.69, 9.17) is 25.8 Å². The van der Waals surface area contributed by atoms with Gasteiger partial charge in [0.15, 0.2) is 0 Å². The van der Waals surface area contributed by atoms with Crippen LogP contribution in [0.2, 0.25) is 5.02 Å². The number of halogens is 1. The van der Waals surface area contributed by atoms with Gasteiger partial charge in [-0.3, -0.25) is 9.10 Å². The minimum Gasteiger partial charge on any atom is -0.497 e. The smallest absolute Gasteiger partial charge is 0.264 e. The van der Waals surface area contributed by atoms with E-state index in [0.717, 1.165) is 5.56 Å². The van der Waals surface area contributed by atoms with Crippen molar-refractivity contribution in [2.24, 2.45) is 0 Å². The number of amides is 1. The van der Waals surface area contributed by atoms with Gasteiger partial charge in [0, 0.05) is 12.1 Å². The highest BCUT2D eigenvalue weighted by Crippen LogP contribution is 2.37. The zero-order valence-corrected chi connectivity index (χ0v) is 23.1. The summed E-state index contributed by atoms with van der Waals surface area (Å²) < 4.78 is 45.0. The summed E-state index contributed by atoms with van der Waals surface area (Å²) in [5, 5.41) is 3.12. The van der Waals surface area contributed by atoms with E-state index in [1.807, 2.05) is 30.3 Å². The number of rotatable bonds is 10. The highest BCUT2D eigenvalue weighted by molar-refractivity contribution is 7.92. The molecule has 0 aromatic heterocycles. The van der Waals surface area contributed by atoms with Gasteiger partial charge in [-0.15, -0.1) is 0 Å². The molecule has 8 nitrogen and oxygen atoms in total. The van der Waals surface area contributed by atoms with Crippen molar-refractivity contribution in [1.29, 1.82) is 0 Å². The minimum atomic E-state index is -4.10. The molecule has 0 aliphatic rings. The van der Waals surface area contributed by atoms with Crippen LogP contribution in [-0.4, -0.2) is 35.7 Å². The van der Waals surface area contributed by atoms with Gasteiger partial charge in [0.2, 0.25) is 0 Å². The Hall–Kier alpha value is -4.21. The van der Waals surface area contributed by atoms with E-state index in [1.54, 1.807) is 36.4 Å². The summed E-state index contributed by atoms with van der Waals surface area (Å²) in [4.78, 5) is 13.7. The number of hydrogen-bond donors (Lipinski definition) is 1. The lowest BCUT2D eigenvalue weighted by Crippen LogP contribution is -2.32. The molecule has 4 aromatic carbocycles. The average Bonchev–Trinajstić information content (AvgIpc) is 2.97. The second-order valence-electron chi connectivity index (χ2n) is 8.33. The maximum absolute atomic E-state index is 14.0. The number of anilines is 2. The van der Waals surface area contributed by atoms with E-state index in [9.17, 15) is 13.2 Å². The van der Waals surface area contributed by atoms with Crippen molar-refractivity contribution in [3.05, 3.63) is 107 Å². The van der Waals surface area contributed by atoms with E-state index in [0.29, 0.717) is 28.0 Å². The van der Waals surface area contributed by atoms with Crippen molar-refractivity contribution in [3.63, 3.8) is 0 Å². The predicted octanol–water partition coefficient (Wildman–Crippen LogP) is 6.01. The van der Waals surface area contributed by atoms with Gasteiger partial charge >= 0.3 is 0 Å². The molecule has 1 N–H and O–H groups in total. The third-order valence-electron chi connectivity index (χ3n) is 5.96. The zero-order valence-electron chi connectivity index (χ0n) is 21.6. The summed E-state index contributed by atoms with van der Waals surface area (Å²) in [6, 6.07) is 24.8. The van der Waals surface area contributed by atoms with Crippen molar-refractivity contribution in [2.75, 3.05) is 31.0 Å². The molecule has 0 unspecified atom stereocenters. The van der Waals surface area contributed by atoms with Gasteiger partial charge in [-0.2, -0.15) is 0 Å². The molecule has 0 bridgehead atoms.